The number of fused-ring (bicyclic) bond motifs is 1. The third kappa shape index (κ3) is 2.96. The number of hydrogen-bond acceptors (Lipinski definition) is 7. The van der Waals surface area contributed by atoms with Crippen molar-refractivity contribution in [1.82, 2.24) is 33.7 Å². The Bertz CT molecular complexity index is 1080. The second kappa shape index (κ2) is 6.27. The molecule has 10 nitrogen and oxygen atoms in total. The van der Waals surface area contributed by atoms with Gasteiger partial charge in [0, 0.05) is 39.3 Å². The summed E-state index contributed by atoms with van der Waals surface area (Å²) >= 11 is 0. The van der Waals surface area contributed by atoms with Crippen LogP contribution in [0.3, 0.4) is 0 Å². The van der Waals surface area contributed by atoms with Gasteiger partial charge in [-0.3, -0.25) is 0 Å². The third-order valence-electron chi connectivity index (χ3n) is 4.90. The molecule has 0 radical (unpaired) electrons. The van der Waals surface area contributed by atoms with E-state index >= 15 is 0 Å². The highest BCUT2D eigenvalue weighted by molar-refractivity contribution is 7.89. The highest BCUT2D eigenvalue weighted by Gasteiger charge is 2.38. The zero-order valence-corrected chi connectivity index (χ0v) is 16.5. The van der Waals surface area contributed by atoms with Gasteiger partial charge in [0.2, 0.25) is 0 Å². The normalized spacial score (nSPS) is 15.9. The van der Waals surface area contributed by atoms with Crippen molar-refractivity contribution in [2.45, 2.75) is 30.8 Å². The van der Waals surface area contributed by atoms with E-state index in [0.29, 0.717) is 18.7 Å². The smallest absolute Gasteiger partial charge is 0.262 e. The van der Waals surface area contributed by atoms with Crippen LogP contribution in [0.15, 0.2) is 29.7 Å². The molecule has 1 saturated heterocycles. The standard InChI is InChI=1S/C16H22N8O2S/c1-11(2)16-18-15(9-21(16)3)27(25,26)22(4)12-7-23(8-12)14-6-5-13-19-17-10-24(13)20-14/h5-6,9-12H,7-8H2,1-4H3. The molecule has 0 atom stereocenters. The minimum absolute atomic E-state index is 0.0960. The maximum Gasteiger partial charge on any atom is 0.262 e. The predicted octanol–water partition coefficient (Wildman–Crippen LogP) is 0.490. The molecular formula is C16H22N8O2S. The molecule has 1 fully saturated rings. The number of aryl methyl sites for hydroxylation is 1. The van der Waals surface area contributed by atoms with Crippen LogP contribution < -0.4 is 4.90 Å². The Labute approximate surface area is 157 Å². The van der Waals surface area contributed by atoms with E-state index in [1.54, 1.807) is 28.7 Å². The summed E-state index contributed by atoms with van der Waals surface area (Å²) in [6, 6.07) is 3.57. The molecule has 0 aromatic carbocycles. The van der Waals surface area contributed by atoms with Crippen molar-refractivity contribution in [2.24, 2.45) is 7.05 Å². The van der Waals surface area contributed by atoms with E-state index in [1.165, 1.54) is 4.31 Å². The molecule has 27 heavy (non-hydrogen) atoms. The number of sulfonamides is 1. The lowest BCUT2D eigenvalue weighted by Crippen LogP contribution is -2.60. The Morgan fingerprint density at radius 2 is 2.00 bits per heavy atom. The van der Waals surface area contributed by atoms with E-state index in [0.717, 1.165) is 11.6 Å². The topological polar surface area (TPSA) is 102 Å². The number of aromatic nitrogens is 6. The maximum absolute atomic E-state index is 12.9. The van der Waals surface area contributed by atoms with Gasteiger partial charge in [0.05, 0.1) is 6.04 Å². The van der Waals surface area contributed by atoms with Crippen LogP contribution in [0, 0.1) is 0 Å². The molecule has 0 spiro atoms. The number of hydrogen-bond donors (Lipinski definition) is 0. The van der Waals surface area contributed by atoms with Crippen molar-refractivity contribution in [1.29, 1.82) is 0 Å². The molecule has 1 aliphatic heterocycles. The first-order valence-electron chi connectivity index (χ1n) is 8.70. The molecule has 0 bridgehead atoms. The number of nitrogens with zero attached hydrogens (tertiary/aromatic N) is 8. The summed E-state index contributed by atoms with van der Waals surface area (Å²) in [5.74, 6) is 1.68. The van der Waals surface area contributed by atoms with Gasteiger partial charge >= 0.3 is 0 Å². The Morgan fingerprint density at radius 3 is 2.67 bits per heavy atom. The lowest BCUT2D eigenvalue weighted by Gasteiger charge is -2.43. The molecule has 4 heterocycles. The maximum atomic E-state index is 12.9. The van der Waals surface area contributed by atoms with Crippen LogP contribution in [0.5, 0.6) is 0 Å². The van der Waals surface area contributed by atoms with E-state index in [1.807, 2.05) is 37.9 Å². The van der Waals surface area contributed by atoms with Gasteiger partial charge in [-0.05, 0) is 12.1 Å². The van der Waals surface area contributed by atoms with Gasteiger partial charge in [-0.25, -0.2) is 13.4 Å². The van der Waals surface area contributed by atoms with Crippen molar-refractivity contribution in [2.75, 3.05) is 25.0 Å². The van der Waals surface area contributed by atoms with Gasteiger partial charge in [-0.2, -0.15) is 8.82 Å². The van der Waals surface area contributed by atoms with Crippen molar-refractivity contribution in [3.05, 3.63) is 30.5 Å². The Balaban J connectivity index is 1.49. The molecule has 0 unspecified atom stereocenters. The number of likely N-dealkylation sites (N-methyl/N-ethyl adjacent to an activating group) is 1. The largest absolute Gasteiger partial charge is 0.352 e. The van der Waals surface area contributed by atoms with Crippen molar-refractivity contribution in [3.8, 4) is 0 Å². The zero-order valence-electron chi connectivity index (χ0n) is 15.7. The van der Waals surface area contributed by atoms with Gasteiger partial charge in [0.25, 0.3) is 10.0 Å². The molecule has 3 aromatic heterocycles. The number of anilines is 1. The van der Waals surface area contributed by atoms with E-state index < -0.39 is 10.0 Å². The van der Waals surface area contributed by atoms with Gasteiger partial charge < -0.3 is 9.47 Å². The lowest BCUT2D eigenvalue weighted by atomic mass is 10.1. The fraction of sp³-hybridized carbons (Fsp3) is 0.500. The van der Waals surface area contributed by atoms with Crippen LogP contribution >= 0.6 is 0 Å². The van der Waals surface area contributed by atoms with E-state index in [9.17, 15) is 8.42 Å². The fourth-order valence-electron chi connectivity index (χ4n) is 3.22. The molecule has 3 aromatic rings. The van der Waals surface area contributed by atoms with Crippen molar-refractivity contribution < 1.29 is 8.42 Å². The molecule has 1 aliphatic rings. The molecular weight excluding hydrogens is 368 g/mol. The Hall–Kier alpha value is -2.53. The highest BCUT2D eigenvalue weighted by Crippen LogP contribution is 2.26. The summed E-state index contributed by atoms with van der Waals surface area (Å²) in [6.45, 7) is 5.12. The van der Waals surface area contributed by atoms with Gasteiger partial charge in [-0.15, -0.1) is 15.3 Å². The van der Waals surface area contributed by atoms with Crippen LogP contribution in [0.25, 0.3) is 5.65 Å². The second-order valence-electron chi connectivity index (χ2n) is 7.11. The predicted molar refractivity (Wildman–Crippen MR) is 99.0 cm³/mol. The molecule has 144 valence electrons. The first kappa shape index (κ1) is 17.9. The van der Waals surface area contributed by atoms with Crippen LogP contribution in [-0.2, 0) is 17.1 Å². The van der Waals surface area contributed by atoms with Crippen LogP contribution in [-0.4, -0.2) is 68.3 Å². The quantitative estimate of drug-likeness (QED) is 0.625. The fourth-order valence-corrected chi connectivity index (χ4v) is 4.54. The first-order valence-corrected chi connectivity index (χ1v) is 10.1. The van der Waals surface area contributed by atoms with Gasteiger partial charge in [-0.1, -0.05) is 13.8 Å². The molecule has 11 heteroatoms. The van der Waals surface area contributed by atoms with E-state index in [2.05, 4.69) is 20.3 Å². The summed E-state index contributed by atoms with van der Waals surface area (Å²) < 4.78 is 30.7. The summed E-state index contributed by atoms with van der Waals surface area (Å²) in [4.78, 5) is 6.36. The Morgan fingerprint density at radius 1 is 1.26 bits per heavy atom. The third-order valence-corrected chi connectivity index (χ3v) is 6.68. The van der Waals surface area contributed by atoms with Crippen LogP contribution in [0.4, 0.5) is 5.82 Å². The summed E-state index contributed by atoms with van der Waals surface area (Å²) in [7, 11) is -0.209. The second-order valence-corrected chi connectivity index (χ2v) is 9.05. The molecule has 0 aliphatic carbocycles. The van der Waals surface area contributed by atoms with E-state index in [4.69, 9.17) is 0 Å². The lowest BCUT2D eigenvalue weighted by molar-refractivity contribution is 0.308. The van der Waals surface area contributed by atoms with E-state index in [-0.39, 0.29) is 17.0 Å². The average Bonchev–Trinajstić information content (AvgIpc) is 3.19. The number of rotatable bonds is 5. The zero-order chi connectivity index (χ0) is 19.3. The highest BCUT2D eigenvalue weighted by atomic mass is 32.2. The summed E-state index contributed by atoms with van der Waals surface area (Å²) in [5.41, 5.74) is 0.673. The summed E-state index contributed by atoms with van der Waals surface area (Å²) in [6.07, 6.45) is 3.12. The van der Waals surface area contributed by atoms with Crippen LogP contribution in [0.1, 0.15) is 25.6 Å². The number of imidazole rings is 1. The Kier molecular flexibility index (Phi) is 4.15. The van der Waals surface area contributed by atoms with Crippen molar-refractivity contribution in [3.63, 3.8) is 0 Å². The summed E-state index contributed by atoms with van der Waals surface area (Å²) in [5, 5.41) is 12.3. The van der Waals surface area contributed by atoms with Gasteiger partial charge in [0.15, 0.2) is 10.7 Å². The average molecular weight is 390 g/mol. The monoisotopic (exact) mass is 390 g/mol. The molecule has 4 rings (SSSR count). The van der Waals surface area contributed by atoms with Crippen molar-refractivity contribution >= 4 is 21.5 Å². The molecule has 0 saturated carbocycles. The van der Waals surface area contributed by atoms with Gasteiger partial charge in [0.1, 0.15) is 18.0 Å². The SMILES string of the molecule is CC(C)c1nc(S(=O)(=O)N(C)C2CN(c3ccc4nncn4n3)C2)cn1C. The molecule has 0 N–H and O–H groups in total. The van der Waals surface area contributed by atoms with Crippen LogP contribution in [0.2, 0.25) is 0 Å². The molecule has 0 amide bonds. The minimum Gasteiger partial charge on any atom is -0.352 e. The minimum atomic E-state index is -3.64. The first-order chi connectivity index (χ1) is 12.8.